The summed E-state index contributed by atoms with van der Waals surface area (Å²) in [5.74, 6) is 1.44. The van der Waals surface area contributed by atoms with Gasteiger partial charge >= 0.3 is 59.1 Å². The van der Waals surface area contributed by atoms with Crippen LogP contribution in [0.15, 0.2) is 46.2 Å². The van der Waals surface area contributed by atoms with Crippen molar-refractivity contribution >= 4 is 69.7 Å². The van der Waals surface area contributed by atoms with Gasteiger partial charge in [0.25, 0.3) is 0 Å². The van der Waals surface area contributed by atoms with Gasteiger partial charge in [-0.05, 0) is 57.1 Å². The molecule has 21 heteroatoms. The number of nitrogens with one attached hydrogen (secondary N) is 1. The number of nitrogens with two attached hydrogens (primary N) is 2. The Morgan fingerprint density at radius 3 is 1.82 bits per heavy atom. The Kier molecular flexibility index (Phi) is 15.0. The fraction of sp³-hybridized carbons (Fsp3) is 0.310. The summed E-state index contributed by atoms with van der Waals surface area (Å²) < 4.78 is 59.7. The number of morpholine rings is 2. The maximum atomic E-state index is 12.2. The zero-order valence-corrected chi connectivity index (χ0v) is 33.1. The van der Waals surface area contributed by atoms with E-state index in [1.807, 2.05) is 9.80 Å². The van der Waals surface area contributed by atoms with Crippen molar-refractivity contribution in [2.45, 2.75) is 16.2 Å². The minimum atomic E-state index is -2.63. The Labute approximate surface area is 337 Å². The summed E-state index contributed by atoms with van der Waals surface area (Å²) in [6, 6.07) is 9.53. The van der Waals surface area contributed by atoms with Crippen molar-refractivity contribution in [1.82, 2.24) is 29.9 Å². The van der Waals surface area contributed by atoms with Crippen molar-refractivity contribution in [3.05, 3.63) is 58.9 Å². The SMILES string of the molecule is Nc1nc(Cc2ccc(/C=C/c3ccc(Nc4nc(N)nc(N5CCOCC5)n4)cc3S(=O)[O-])c(S(=O)[O-])c2)nc(N2CCOCC2)n1.[Na+].[Na+]. The summed E-state index contributed by atoms with van der Waals surface area (Å²) >= 11 is -5.23. The van der Waals surface area contributed by atoms with E-state index < -0.39 is 22.2 Å². The topological polar surface area (TPSA) is 247 Å². The van der Waals surface area contributed by atoms with Crippen LogP contribution in [0.2, 0.25) is 0 Å². The first-order valence-corrected chi connectivity index (χ1v) is 16.9. The maximum absolute atomic E-state index is 12.2. The van der Waals surface area contributed by atoms with Crippen molar-refractivity contribution in [3.8, 4) is 0 Å². The minimum absolute atomic E-state index is 0. The van der Waals surface area contributed by atoms with E-state index >= 15 is 0 Å². The molecular formula is C29H31N11Na2O6S2. The second-order valence-corrected chi connectivity index (χ2v) is 12.5. The van der Waals surface area contributed by atoms with Crippen LogP contribution in [-0.2, 0) is 38.1 Å². The predicted octanol–water partition coefficient (Wildman–Crippen LogP) is -5.12. The molecule has 0 amide bonds. The first kappa shape index (κ1) is 40.1. The minimum Gasteiger partial charge on any atom is -0.768 e. The molecule has 2 aliphatic rings. The van der Waals surface area contributed by atoms with E-state index in [0.29, 0.717) is 92.7 Å². The molecule has 0 saturated carbocycles. The van der Waals surface area contributed by atoms with Crippen LogP contribution >= 0.6 is 0 Å². The largest absolute Gasteiger partial charge is 1.00 e. The number of hydrogen-bond acceptors (Lipinski definition) is 17. The third-order valence-electron chi connectivity index (χ3n) is 7.43. The molecule has 4 aromatic rings. The van der Waals surface area contributed by atoms with Crippen LogP contribution < -0.4 is 85.7 Å². The van der Waals surface area contributed by atoms with E-state index in [0.717, 1.165) is 0 Å². The van der Waals surface area contributed by atoms with Crippen molar-refractivity contribution in [3.63, 3.8) is 0 Å². The van der Waals surface area contributed by atoms with Gasteiger partial charge in [-0.25, -0.2) is 0 Å². The van der Waals surface area contributed by atoms with E-state index in [9.17, 15) is 17.5 Å². The van der Waals surface area contributed by atoms with E-state index in [-0.39, 0.29) is 93.2 Å². The van der Waals surface area contributed by atoms with Gasteiger partial charge < -0.3 is 45.2 Å². The van der Waals surface area contributed by atoms with Crippen LogP contribution in [0.5, 0.6) is 0 Å². The smallest absolute Gasteiger partial charge is 0.768 e. The molecule has 5 N–H and O–H groups in total. The molecule has 2 unspecified atom stereocenters. The molecule has 252 valence electrons. The number of nitrogen functional groups attached to an aromatic ring is 2. The van der Waals surface area contributed by atoms with Crippen molar-refractivity contribution < 1.29 is 86.1 Å². The van der Waals surface area contributed by atoms with Crippen LogP contribution in [0, 0.1) is 0 Å². The second kappa shape index (κ2) is 18.7. The summed E-state index contributed by atoms with van der Waals surface area (Å²) in [6.07, 6.45) is 3.28. The second-order valence-electron chi connectivity index (χ2n) is 10.7. The predicted molar refractivity (Wildman–Crippen MR) is 177 cm³/mol. The third kappa shape index (κ3) is 10.5. The Morgan fingerprint density at radius 2 is 1.24 bits per heavy atom. The van der Waals surface area contributed by atoms with Crippen molar-refractivity contribution in [2.75, 3.05) is 79.2 Å². The van der Waals surface area contributed by atoms with Crippen LogP contribution in [0.1, 0.15) is 22.5 Å². The summed E-state index contributed by atoms with van der Waals surface area (Å²) in [7, 11) is 0. The molecule has 0 aliphatic carbocycles. The number of nitrogens with zero attached hydrogens (tertiary/aromatic N) is 8. The Bertz CT molecular complexity index is 1750. The van der Waals surface area contributed by atoms with E-state index in [1.165, 1.54) is 24.3 Å². The summed E-state index contributed by atoms with van der Waals surface area (Å²) in [6.45, 7) is 4.60. The third-order valence-corrected chi connectivity index (χ3v) is 8.85. The van der Waals surface area contributed by atoms with E-state index in [4.69, 9.17) is 20.9 Å². The molecule has 0 radical (unpaired) electrons. The van der Waals surface area contributed by atoms with Crippen LogP contribution in [0.4, 0.5) is 35.4 Å². The number of ether oxygens (including phenoxy) is 2. The molecule has 2 saturated heterocycles. The Balaban J connectivity index is 0.00000281. The van der Waals surface area contributed by atoms with Crippen LogP contribution in [0.25, 0.3) is 12.2 Å². The molecule has 4 heterocycles. The van der Waals surface area contributed by atoms with Crippen LogP contribution in [-0.4, -0.2) is 100 Å². The van der Waals surface area contributed by atoms with Gasteiger partial charge in [0, 0.05) is 48.1 Å². The molecule has 50 heavy (non-hydrogen) atoms. The van der Waals surface area contributed by atoms with Gasteiger partial charge in [0.1, 0.15) is 5.82 Å². The standard InChI is InChI=1S/C29H33N11O6S2.2Na/c30-25-33-24(34-28(36-25)39-7-11-45-12-8-39)16-18-1-2-19(22(15-18)47(41)42)3-4-20-5-6-21(17-23(20)48(43)44)32-27-35-26(31)37-29(38-27)40-9-13-46-14-10-40;;/h1-6,15,17H,7-14,16H2,(H,41,42)(H,43,44)(H2,30,33,34,36)(H3,31,32,35,37,38);;/q;2*+1/p-2/b4-3+;;. The normalized spacial score (nSPS) is 16.0. The Morgan fingerprint density at radius 1 is 0.720 bits per heavy atom. The quantitative estimate of drug-likeness (QED) is 0.0782. The zero-order chi connectivity index (χ0) is 33.6. The van der Waals surface area contributed by atoms with Gasteiger partial charge in [0.2, 0.25) is 29.7 Å². The van der Waals surface area contributed by atoms with E-state index in [2.05, 4.69) is 35.2 Å². The average Bonchev–Trinajstić information content (AvgIpc) is 3.08. The molecule has 2 aromatic heterocycles. The molecule has 2 aliphatic heterocycles. The van der Waals surface area contributed by atoms with Gasteiger partial charge in [-0.3, -0.25) is 8.42 Å². The van der Waals surface area contributed by atoms with Gasteiger partial charge in [0.05, 0.1) is 26.4 Å². The first-order chi connectivity index (χ1) is 23.2. The molecule has 2 aromatic carbocycles. The van der Waals surface area contributed by atoms with Crippen molar-refractivity contribution in [2.24, 2.45) is 0 Å². The van der Waals surface area contributed by atoms with Crippen molar-refractivity contribution in [1.29, 1.82) is 0 Å². The molecule has 0 bridgehead atoms. The Hall–Kier alpha value is -2.66. The van der Waals surface area contributed by atoms with Gasteiger partial charge in [-0.15, -0.1) is 0 Å². The molecule has 17 nitrogen and oxygen atoms in total. The number of aromatic nitrogens is 6. The number of rotatable bonds is 10. The molecule has 2 fully saturated rings. The number of hydrogen-bond donors (Lipinski definition) is 3. The van der Waals surface area contributed by atoms with Gasteiger partial charge in [0.15, 0.2) is 0 Å². The van der Waals surface area contributed by atoms with E-state index in [1.54, 1.807) is 24.3 Å². The molecule has 6 rings (SSSR count). The maximum Gasteiger partial charge on any atom is 1.00 e. The fourth-order valence-electron chi connectivity index (χ4n) is 5.11. The summed E-state index contributed by atoms with van der Waals surface area (Å²) in [5, 5.41) is 2.99. The first-order valence-electron chi connectivity index (χ1n) is 14.8. The molecular weight excluding hydrogens is 709 g/mol. The average molecular weight is 740 g/mol. The fourth-order valence-corrected chi connectivity index (χ4v) is 6.23. The van der Waals surface area contributed by atoms with Crippen LogP contribution in [0.3, 0.4) is 0 Å². The number of anilines is 6. The molecule has 2 atom stereocenters. The zero-order valence-electron chi connectivity index (χ0n) is 27.5. The number of benzene rings is 2. The summed E-state index contributed by atoms with van der Waals surface area (Å²) in [5.41, 5.74) is 13.6. The summed E-state index contributed by atoms with van der Waals surface area (Å²) in [4.78, 5) is 29.6. The molecule has 0 spiro atoms. The van der Waals surface area contributed by atoms with Gasteiger partial charge in [-0.1, -0.05) is 30.4 Å². The monoisotopic (exact) mass is 739 g/mol. The van der Waals surface area contributed by atoms with Gasteiger partial charge in [-0.2, -0.15) is 29.9 Å².